The normalized spacial score (nSPS) is 24.4. The van der Waals surface area contributed by atoms with Gasteiger partial charge in [-0.3, -0.25) is 19.2 Å². The highest BCUT2D eigenvalue weighted by atomic mass is 16.3. The summed E-state index contributed by atoms with van der Waals surface area (Å²) < 4.78 is 0. The molecular formula is C30H30N2O7. The molecule has 3 aliphatic rings. The minimum atomic E-state index is -2.09. The van der Waals surface area contributed by atoms with Crippen LogP contribution < -0.4 is 11.1 Å². The second-order valence-corrected chi connectivity index (χ2v) is 11.6. The predicted octanol–water partition coefficient (Wildman–Crippen LogP) is 3.35. The Morgan fingerprint density at radius 2 is 1.69 bits per heavy atom. The minimum Gasteiger partial charge on any atom is -0.508 e. The lowest BCUT2D eigenvalue weighted by Crippen LogP contribution is -2.50. The summed E-state index contributed by atoms with van der Waals surface area (Å²) in [7, 11) is 0. The summed E-state index contributed by atoms with van der Waals surface area (Å²) in [6.45, 7) is 5.47. The smallest absolute Gasteiger partial charge is 0.255 e. The number of aromatic hydroxyl groups is 1. The number of carbonyl (C=O) groups excluding carboxylic acids is 4. The molecule has 0 radical (unpaired) electrons. The lowest BCUT2D eigenvalue weighted by Gasteiger charge is -2.44. The van der Waals surface area contributed by atoms with Crippen molar-refractivity contribution in [2.45, 2.75) is 45.6 Å². The van der Waals surface area contributed by atoms with Crippen molar-refractivity contribution in [1.82, 2.24) is 0 Å². The number of phenols is 1. The maximum atomic E-state index is 13.7. The molecule has 5 rings (SSSR count). The van der Waals surface area contributed by atoms with Gasteiger partial charge < -0.3 is 26.4 Å². The topological polar surface area (TPSA) is 167 Å². The van der Waals surface area contributed by atoms with Gasteiger partial charge in [0.1, 0.15) is 22.7 Å². The molecule has 202 valence electrons. The van der Waals surface area contributed by atoms with Crippen LogP contribution in [0.25, 0.3) is 11.1 Å². The number of allylic oxidation sites excluding steroid dienone is 1. The summed E-state index contributed by atoms with van der Waals surface area (Å²) in [5, 5.41) is 35.6. The highest BCUT2D eigenvalue weighted by molar-refractivity contribution is 6.20. The Balaban J connectivity index is 1.54. The van der Waals surface area contributed by atoms with Gasteiger partial charge >= 0.3 is 0 Å². The molecule has 9 nitrogen and oxygen atoms in total. The van der Waals surface area contributed by atoms with Gasteiger partial charge in [0.25, 0.3) is 5.91 Å². The molecular weight excluding hydrogens is 500 g/mol. The highest BCUT2D eigenvalue weighted by Crippen LogP contribution is 2.50. The fraction of sp³-hybridized carbons (Fsp3) is 0.333. The molecule has 9 heteroatoms. The van der Waals surface area contributed by atoms with E-state index in [9.17, 15) is 34.5 Å². The van der Waals surface area contributed by atoms with Gasteiger partial charge in [0.05, 0.1) is 5.56 Å². The fourth-order valence-electron chi connectivity index (χ4n) is 5.79. The SMILES string of the molecule is CC(C)(C)C(=O)Nc1ccc(-c2ccc(O)c3c2C[C@H]2C[C@H]4CC(=O)C(C(N)=O)=C(O)[C@@]4(O)C=C2C3=O)cc1. The molecule has 0 saturated carbocycles. The van der Waals surface area contributed by atoms with Crippen LogP contribution in [-0.4, -0.2) is 44.3 Å². The lowest BCUT2D eigenvalue weighted by atomic mass is 9.61. The van der Waals surface area contributed by atoms with E-state index in [2.05, 4.69) is 5.32 Å². The van der Waals surface area contributed by atoms with E-state index in [1.54, 1.807) is 18.2 Å². The Hall–Kier alpha value is -4.24. The van der Waals surface area contributed by atoms with Crippen LogP contribution in [0.2, 0.25) is 0 Å². The number of phenolic OH excluding ortho intramolecular Hbond substituents is 1. The number of aliphatic hydroxyl groups excluding tert-OH is 1. The summed E-state index contributed by atoms with van der Waals surface area (Å²) in [6, 6.07) is 10.4. The van der Waals surface area contributed by atoms with Crippen LogP contribution >= 0.6 is 0 Å². The van der Waals surface area contributed by atoms with Crippen molar-refractivity contribution in [1.29, 1.82) is 0 Å². The number of amides is 2. The number of primary amides is 1. The highest BCUT2D eigenvalue weighted by Gasteiger charge is 2.53. The summed E-state index contributed by atoms with van der Waals surface area (Å²) >= 11 is 0. The molecule has 0 aliphatic heterocycles. The molecule has 0 bridgehead atoms. The van der Waals surface area contributed by atoms with E-state index in [-0.39, 0.29) is 41.6 Å². The van der Waals surface area contributed by atoms with Crippen LogP contribution in [0, 0.1) is 17.3 Å². The van der Waals surface area contributed by atoms with E-state index in [0.717, 1.165) is 11.1 Å². The van der Waals surface area contributed by atoms with Crippen LogP contribution in [0.4, 0.5) is 5.69 Å². The zero-order valence-electron chi connectivity index (χ0n) is 21.9. The van der Waals surface area contributed by atoms with E-state index < -0.39 is 45.7 Å². The predicted molar refractivity (Wildman–Crippen MR) is 143 cm³/mol. The first-order valence-electron chi connectivity index (χ1n) is 12.8. The van der Waals surface area contributed by atoms with Gasteiger partial charge in [-0.2, -0.15) is 0 Å². The number of carbonyl (C=O) groups is 4. The number of Topliss-reactive ketones (excluding diaryl/α,β-unsaturated/α-hetero) is 2. The molecule has 0 fully saturated rings. The van der Waals surface area contributed by atoms with Crippen molar-refractivity contribution in [3.05, 3.63) is 70.5 Å². The molecule has 2 amide bonds. The fourth-order valence-corrected chi connectivity index (χ4v) is 5.79. The number of aliphatic hydroxyl groups is 2. The lowest BCUT2D eigenvalue weighted by molar-refractivity contribution is -0.126. The van der Waals surface area contributed by atoms with Crippen molar-refractivity contribution in [2.24, 2.45) is 23.0 Å². The molecule has 0 heterocycles. The van der Waals surface area contributed by atoms with Crippen LogP contribution in [0.3, 0.4) is 0 Å². The van der Waals surface area contributed by atoms with Crippen LogP contribution in [-0.2, 0) is 20.8 Å². The van der Waals surface area contributed by atoms with E-state index in [0.29, 0.717) is 17.7 Å². The number of ketones is 2. The van der Waals surface area contributed by atoms with E-state index in [1.807, 2.05) is 32.9 Å². The van der Waals surface area contributed by atoms with E-state index in [1.165, 1.54) is 12.1 Å². The third-order valence-corrected chi connectivity index (χ3v) is 7.95. The largest absolute Gasteiger partial charge is 0.508 e. The molecule has 2 aromatic rings. The molecule has 3 atom stereocenters. The van der Waals surface area contributed by atoms with E-state index in [4.69, 9.17) is 5.73 Å². The van der Waals surface area contributed by atoms with Crippen molar-refractivity contribution in [3.63, 3.8) is 0 Å². The van der Waals surface area contributed by atoms with Crippen molar-refractivity contribution >= 4 is 29.1 Å². The van der Waals surface area contributed by atoms with Gasteiger partial charge in [-0.05, 0) is 59.7 Å². The Morgan fingerprint density at radius 3 is 2.31 bits per heavy atom. The number of hydrogen-bond acceptors (Lipinski definition) is 7. The van der Waals surface area contributed by atoms with Crippen LogP contribution in [0.5, 0.6) is 5.75 Å². The first-order valence-corrected chi connectivity index (χ1v) is 12.8. The molecule has 0 saturated heterocycles. The van der Waals surface area contributed by atoms with Gasteiger partial charge in [-0.15, -0.1) is 0 Å². The molecule has 6 N–H and O–H groups in total. The number of anilines is 1. The van der Waals surface area contributed by atoms with Gasteiger partial charge in [0, 0.05) is 29.0 Å². The minimum absolute atomic E-state index is 0.104. The molecule has 39 heavy (non-hydrogen) atoms. The quantitative estimate of drug-likeness (QED) is 0.379. The van der Waals surface area contributed by atoms with Crippen molar-refractivity contribution < 1.29 is 34.5 Å². The molecule has 2 aromatic carbocycles. The van der Waals surface area contributed by atoms with Crippen LogP contribution in [0.15, 0.2) is 59.4 Å². The Morgan fingerprint density at radius 1 is 1.03 bits per heavy atom. The maximum Gasteiger partial charge on any atom is 0.255 e. The van der Waals surface area contributed by atoms with Gasteiger partial charge in [-0.25, -0.2) is 0 Å². The molecule has 0 spiro atoms. The first kappa shape index (κ1) is 26.4. The summed E-state index contributed by atoms with van der Waals surface area (Å²) in [5.74, 6) is -4.58. The summed E-state index contributed by atoms with van der Waals surface area (Å²) in [6.07, 6.45) is 1.59. The zero-order valence-corrected chi connectivity index (χ0v) is 21.9. The third kappa shape index (κ3) is 4.23. The molecule has 3 aliphatic carbocycles. The Bertz CT molecular complexity index is 1510. The monoisotopic (exact) mass is 530 g/mol. The number of fused-ring (bicyclic) bond motifs is 3. The second kappa shape index (κ2) is 8.91. The Labute approximate surface area is 225 Å². The van der Waals surface area contributed by atoms with Gasteiger partial charge in [-0.1, -0.05) is 39.0 Å². The summed E-state index contributed by atoms with van der Waals surface area (Å²) in [5.41, 5.74) is 5.08. The van der Waals surface area contributed by atoms with Gasteiger partial charge in [0.15, 0.2) is 11.6 Å². The number of nitrogens with one attached hydrogen (secondary N) is 1. The van der Waals surface area contributed by atoms with E-state index >= 15 is 0 Å². The second-order valence-electron chi connectivity index (χ2n) is 11.6. The van der Waals surface area contributed by atoms with Crippen molar-refractivity contribution in [3.8, 4) is 16.9 Å². The average molecular weight is 531 g/mol. The third-order valence-electron chi connectivity index (χ3n) is 7.95. The summed E-state index contributed by atoms with van der Waals surface area (Å²) in [4.78, 5) is 50.3. The Kier molecular flexibility index (Phi) is 6.03. The maximum absolute atomic E-state index is 13.7. The van der Waals surface area contributed by atoms with Crippen LogP contribution in [0.1, 0.15) is 49.5 Å². The standard InChI is InChI=1S/C30H30N2O7/c1-29(2,3)28(38)32-17-6-4-14(5-7-17)18-8-9-21(33)23-19(18)11-15-10-16-12-22(34)24(27(31)37)26(36)30(16,39)13-20(15)25(23)35/h4-9,13,15-16,33,36,39H,10-12H2,1-3H3,(H2,31,37)(H,32,38)/t15-,16+,30-/m1/s1. The first-order chi connectivity index (χ1) is 18.2. The molecule has 0 unspecified atom stereocenters. The number of benzene rings is 2. The molecule has 0 aromatic heterocycles. The average Bonchev–Trinajstić information content (AvgIpc) is 2.84. The van der Waals surface area contributed by atoms with Gasteiger partial charge in [0.2, 0.25) is 5.91 Å². The number of rotatable bonds is 3. The number of nitrogens with two attached hydrogens (primary N) is 1. The van der Waals surface area contributed by atoms with Crippen molar-refractivity contribution in [2.75, 3.05) is 5.32 Å². The zero-order chi connectivity index (χ0) is 28.4. The number of hydrogen-bond donors (Lipinski definition) is 5.